The SMILES string of the molecule is C=C(C)C(=O)C(C(=O)C=O)=C(C)C(=O)O. The Labute approximate surface area is 86.1 Å². The minimum Gasteiger partial charge on any atom is -0.478 e. The second-order valence-corrected chi connectivity index (χ2v) is 2.90. The van der Waals surface area contributed by atoms with Crippen LogP contribution >= 0.6 is 0 Å². The number of allylic oxidation sites excluding steroid dienone is 2. The molecule has 0 aliphatic carbocycles. The second kappa shape index (κ2) is 4.99. The van der Waals surface area contributed by atoms with E-state index < -0.39 is 28.7 Å². The number of hydrogen-bond acceptors (Lipinski definition) is 4. The van der Waals surface area contributed by atoms with Crippen LogP contribution in [0.4, 0.5) is 0 Å². The summed E-state index contributed by atoms with van der Waals surface area (Å²) in [5, 5.41) is 8.62. The summed E-state index contributed by atoms with van der Waals surface area (Å²) >= 11 is 0. The summed E-state index contributed by atoms with van der Waals surface area (Å²) in [4.78, 5) is 43.3. The molecule has 0 rings (SSSR count). The van der Waals surface area contributed by atoms with E-state index >= 15 is 0 Å². The van der Waals surface area contributed by atoms with Crippen LogP contribution in [0.15, 0.2) is 23.3 Å². The van der Waals surface area contributed by atoms with Crippen LogP contribution in [0.1, 0.15) is 13.8 Å². The van der Waals surface area contributed by atoms with Crippen LogP contribution in [-0.2, 0) is 19.2 Å². The zero-order valence-corrected chi connectivity index (χ0v) is 8.36. The molecule has 0 aliphatic rings. The van der Waals surface area contributed by atoms with Gasteiger partial charge in [0.15, 0.2) is 12.1 Å². The smallest absolute Gasteiger partial charge is 0.332 e. The van der Waals surface area contributed by atoms with Crippen LogP contribution in [-0.4, -0.2) is 28.9 Å². The molecule has 0 radical (unpaired) electrons. The van der Waals surface area contributed by atoms with Gasteiger partial charge >= 0.3 is 5.97 Å². The van der Waals surface area contributed by atoms with Crippen LogP contribution in [0.25, 0.3) is 0 Å². The lowest BCUT2D eigenvalue weighted by atomic mass is 9.97. The van der Waals surface area contributed by atoms with Crippen molar-refractivity contribution in [3.05, 3.63) is 23.3 Å². The Morgan fingerprint density at radius 1 is 1.20 bits per heavy atom. The summed E-state index contributed by atoms with van der Waals surface area (Å²) in [6, 6.07) is 0. The summed E-state index contributed by atoms with van der Waals surface area (Å²) in [6.07, 6.45) is -0.0946. The number of carboxylic acid groups (broad SMARTS) is 1. The molecule has 0 saturated heterocycles. The highest BCUT2D eigenvalue weighted by Crippen LogP contribution is 2.11. The van der Waals surface area contributed by atoms with Gasteiger partial charge in [0.1, 0.15) is 0 Å². The maximum atomic E-state index is 11.4. The first-order valence-electron chi connectivity index (χ1n) is 3.96. The lowest BCUT2D eigenvalue weighted by Gasteiger charge is -2.03. The number of aliphatic carboxylic acids is 1. The highest BCUT2D eigenvalue weighted by molar-refractivity contribution is 6.45. The van der Waals surface area contributed by atoms with Gasteiger partial charge in [-0.25, -0.2) is 4.79 Å². The number of ketones is 2. The van der Waals surface area contributed by atoms with Gasteiger partial charge < -0.3 is 5.11 Å². The number of Topliss-reactive ketones (excluding diaryl/α,β-unsaturated/α-hetero) is 2. The topological polar surface area (TPSA) is 88.5 Å². The van der Waals surface area contributed by atoms with Crippen molar-refractivity contribution in [1.29, 1.82) is 0 Å². The number of hydrogen-bond donors (Lipinski definition) is 1. The zero-order chi connectivity index (χ0) is 12.2. The normalized spacial score (nSPS) is 11.3. The molecular formula is C10H10O5. The van der Waals surface area contributed by atoms with E-state index in [0.717, 1.165) is 6.92 Å². The van der Waals surface area contributed by atoms with E-state index in [2.05, 4.69) is 6.58 Å². The molecule has 0 spiro atoms. The highest BCUT2D eigenvalue weighted by atomic mass is 16.4. The molecule has 0 atom stereocenters. The van der Waals surface area contributed by atoms with Crippen LogP contribution in [0.5, 0.6) is 0 Å². The number of carbonyl (C=O) groups is 4. The minimum absolute atomic E-state index is 0.000741. The van der Waals surface area contributed by atoms with Crippen molar-refractivity contribution >= 4 is 23.8 Å². The summed E-state index contributed by atoms with van der Waals surface area (Å²) < 4.78 is 0. The van der Waals surface area contributed by atoms with Gasteiger partial charge in [-0.1, -0.05) is 6.58 Å². The molecule has 15 heavy (non-hydrogen) atoms. The third kappa shape index (κ3) is 2.98. The van der Waals surface area contributed by atoms with Gasteiger partial charge in [0.25, 0.3) is 0 Å². The molecule has 0 fully saturated rings. The molecule has 0 heterocycles. The molecule has 80 valence electrons. The molecule has 0 bridgehead atoms. The Bertz CT molecular complexity index is 387. The average Bonchev–Trinajstić information content (AvgIpc) is 2.16. The molecule has 0 aromatic heterocycles. The molecule has 0 saturated carbocycles. The quantitative estimate of drug-likeness (QED) is 0.232. The van der Waals surface area contributed by atoms with Gasteiger partial charge in [-0.05, 0) is 19.4 Å². The summed E-state index contributed by atoms with van der Waals surface area (Å²) in [5.41, 5.74) is -1.09. The van der Waals surface area contributed by atoms with Crippen LogP contribution in [0.3, 0.4) is 0 Å². The molecule has 0 aromatic rings. The third-order valence-electron chi connectivity index (χ3n) is 1.66. The number of carbonyl (C=O) groups excluding carboxylic acids is 3. The lowest BCUT2D eigenvalue weighted by molar-refractivity contribution is -0.134. The van der Waals surface area contributed by atoms with E-state index in [0.29, 0.717) is 0 Å². The Hall–Kier alpha value is -2.04. The number of carboxylic acids is 1. The van der Waals surface area contributed by atoms with Gasteiger partial charge in [-0.15, -0.1) is 0 Å². The summed E-state index contributed by atoms with van der Waals surface area (Å²) in [7, 11) is 0. The van der Waals surface area contributed by atoms with Crippen molar-refractivity contribution < 1.29 is 24.3 Å². The maximum absolute atomic E-state index is 11.4. The molecule has 0 aliphatic heterocycles. The van der Waals surface area contributed by atoms with Crippen molar-refractivity contribution in [2.24, 2.45) is 0 Å². The molecular weight excluding hydrogens is 200 g/mol. The predicted octanol–water partition coefficient (Wildman–Crippen LogP) is 0.301. The van der Waals surface area contributed by atoms with Gasteiger partial charge in [-0.2, -0.15) is 0 Å². The second-order valence-electron chi connectivity index (χ2n) is 2.90. The largest absolute Gasteiger partial charge is 0.478 e. The van der Waals surface area contributed by atoms with Crippen molar-refractivity contribution in [2.45, 2.75) is 13.8 Å². The van der Waals surface area contributed by atoms with Gasteiger partial charge in [0.2, 0.25) is 5.78 Å². The Kier molecular flexibility index (Phi) is 4.32. The molecule has 5 heteroatoms. The summed E-state index contributed by atoms with van der Waals surface area (Å²) in [6.45, 7) is 5.70. The molecule has 0 amide bonds. The molecule has 0 aromatic carbocycles. The fourth-order valence-electron chi connectivity index (χ4n) is 0.846. The van der Waals surface area contributed by atoms with E-state index in [1.807, 2.05) is 0 Å². The zero-order valence-electron chi connectivity index (χ0n) is 8.36. The van der Waals surface area contributed by atoms with Crippen molar-refractivity contribution in [3.63, 3.8) is 0 Å². The fraction of sp³-hybridized carbons (Fsp3) is 0.200. The van der Waals surface area contributed by atoms with Crippen molar-refractivity contribution in [1.82, 2.24) is 0 Å². The molecule has 5 nitrogen and oxygen atoms in total. The van der Waals surface area contributed by atoms with Crippen molar-refractivity contribution in [2.75, 3.05) is 0 Å². The summed E-state index contributed by atoms with van der Waals surface area (Å²) in [5.74, 6) is -3.40. The first-order chi connectivity index (χ1) is 6.82. The van der Waals surface area contributed by atoms with E-state index in [1.165, 1.54) is 6.92 Å². The predicted molar refractivity (Wildman–Crippen MR) is 51.2 cm³/mol. The number of aldehydes is 1. The monoisotopic (exact) mass is 210 g/mol. The van der Waals surface area contributed by atoms with Gasteiger partial charge in [-0.3, -0.25) is 14.4 Å². The fourth-order valence-corrected chi connectivity index (χ4v) is 0.846. The Morgan fingerprint density at radius 3 is 1.93 bits per heavy atom. The van der Waals surface area contributed by atoms with E-state index in [-0.39, 0.29) is 11.9 Å². The van der Waals surface area contributed by atoms with E-state index in [9.17, 15) is 19.2 Å². The molecule has 1 N–H and O–H groups in total. The van der Waals surface area contributed by atoms with E-state index in [1.54, 1.807) is 0 Å². The first kappa shape index (κ1) is 13.0. The average molecular weight is 210 g/mol. The van der Waals surface area contributed by atoms with Crippen molar-refractivity contribution in [3.8, 4) is 0 Å². The van der Waals surface area contributed by atoms with Crippen LogP contribution < -0.4 is 0 Å². The molecule has 0 unspecified atom stereocenters. The lowest BCUT2D eigenvalue weighted by Crippen LogP contribution is -2.19. The van der Waals surface area contributed by atoms with Crippen LogP contribution in [0.2, 0.25) is 0 Å². The van der Waals surface area contributed by atoms with Gasteiger partial charge in [0, 0.05) is 5.57 Å². The Morgan fingerprint density at radius 2 is 1.67 bits per heavy atom. The maximum Gasteiger partial charge on any atom is 0.332 e. The minimum atomic E-state index is -1.42. The first-order valence-corrected chi connectivity index (χ1v) is 3.96. The number of rotatable bonds is 5. The van der Waals surface area contributed by atoms with Crippen LogP contribution in [0, 0.1) is 0 Å². The standard InChI is InChI=1S/C10H10O5/c1-5(2)9(13)8(7(12)4-11)6(3)10(14)15/h4H,1H2,2-3H3,(H,14,15). The highest BCUT2D eigenvalue weighted by Gasteiger charge is 2.23. The van der Waals surface area contributed by atoms with E-state index in [4.69, 9.17) is 5.11 Å². The Balaban J connectivity index is 5.64. The third-order valence-corrected chi connectivity index (χ3v) is 1.66. The van der Waals surface area contributed by atoms with Gasteiger partial charge in [0.05, 0.1) is 5.57 Å².